The molecule has 0 saturated heterocycles. The average Bonchev–Trinajstić information content (AvgIpc) is 2.77. The van der Waals surface area contributed by atoms with Crippen LogP contribution < -0.4 is 4.72 Å². The Balaban J connectivity index is 2.23. The van der Waals surface area contributed by atoms with Crippen molar-refractivity contribution in [1.29, 1.82) is 0 Å². The van der Waals surface area contributed by atoms with Gasteiger partial charge in [0.15, 0.2) is 0 Å². The minimum Gasteiger partial charge on any atom is -0.480 e. The van der Waals surface area contributed by atoms with Gasteiger partial charge in [-0.15, -0.1) is 11.3 Å². The summed E-state index contributed by atoms with van der Waals surface area (Å²) in [6, 6.07) is 0.468. The van der Waals surface area contributed by atoms with Crippen molar-refractivity contribution in [2.45, 2.75) is 50.0 Å². The third kappa shape index (κ3) is 4.06. The lowest BCUT2D eigenvalue weighted by molar-refractivity contribution is -0.140. The number of rotatable bonds is 5. The number of halogens is 1. The predicted octanol–water partition coefficient (Wildman–Crippen LogP) is 3.13. The minimum absolute atomic E-state index is 0.131. The number of carbonyl (C=O) groups is 1. The zero-order valence-electron chi connectivity index (χ0n) is 11.6. The van der Waals surface area contributed by atoms with E-state index in [2.05, 4.69) is 20.7 Å². The molecular weight excluding hydrogens is 378 g/mol. The van der Waals surface area contributed by atoms with Gasteiger partial charge in [0.1, 0.15) is 6.04 Å². The molecule has 1 aliphatic carbocycles. The zero-order chi connectivity index (χ0) is 15.6. The highest BCUT2D eigenvalue weighted by molar-refractivity contribution is 9.11. The van der Waals surface area contributed by atoms with E-state index in [9.17, 15) is 18.3 Å². The molecule has 1 aliphatic rings. The van der Waals surface area contributed by atoms with Gasteiger partial charge < -0.3 is 5.11 Å². The first-order chi connectivity index (χ1) is 9.81. The van der Waals surface area contributed by atoms with Gasteiger partial charge in [-0.05, 0) is 47.7 Å². The van der Waals surface area contributed by atoms with Crippen molar-refractivity contribution >= 4 is 43.3 Å². The Morgan fingerprint density at radius 3 is 2.52 bits per heavy atom. The van der Waals surface area contributed by atoms with E-state index in [4.69, 9.17) is 0 Å². The minimum atomic E-state index is -3.81. The van der Waals surface area contributed by atoms with Crippen molar-refractivity contribution in [3.63, 3.8) is 0 Å². The molecule has 1 heterocycles. The quantitative estimate of drug-likeness (QED) is 0.801. The molecule has 0 amide bonds. The standard InChI is InChI=1S/C13H18BrNO4S2/c1-8-10(7-11(14)20-8)21(18,19)15-12(13(16)17)9-5-3-2-4-6-9/h7,9,12,15H,2-6H2,1H3,(H,16,17). The second kappa shape index (κ2) is 6.76. The van der Waals surface area contributed by atoms with Crippen molar-refractivity contribution in [3.05, 3.63) is 14.7 Å². The van der Waals surface area contributed by atoms with E-state index < -0.39 is 22.0 Å². The van der Waals surface area contributed by atoms with Crippen LogP contribution in [0.5, 0.6) is 0 Å². The summed E-state index contributed by atoms with van der Waals surface area (Å²) in [4.78, 5) is 12.3. The zero-order valence-corrected chi connectivity index (χ0v) is 14.9. The van der Waals surface area contributed by atoms with Crippen molar-refractivity contribution in [1.82, 2.24) is 4.72 Å². The van der Waals surface area contributed by atoms with E-state index in [0.717, 1.165) is 32.1 Å². The summed E-state index contributed by atoms with van der Waals surface area (Å²) in [6.45, 7) is 1.71. The molecule has 1 aromatic heterocycles. The van der Waals surface area contributed by atoms with Crippen LogP contribution in [0.2, 0.25) is 0 Å². The Bertz CT molecular complexity index is 620. The molecule has 5 nitrogen and oxygen atoms in total. The van der Waals surface area contributed by atoms with E-state index in [-0.39, 0.29) is 10.8 Å². The van der Waals surface area contributed by atoms with Gasteiger partial charge in [0, 0.05) is 4.88 Å². The maximum Gasteiger partial charge on any atom is 0.322 e. The van der Waals surface area contributed by atoms with Crippen LogP contribution in [0.4, 0.5) is 0 Å². The molecule has 2 N–H and O–H groups in total. The number of hydrogen-bond acceptors (Lipinski definition) is 4. The van der Waals surface area contributed by atoms with Crippen molar-refractivity contribution in [3.8, 4) is 0 Å². The molecule has 1 aromatic rings. The SMILES string of the molecule is Cc1sc(Br)cc1S(=O)(=O)NC(C(=O)O)C1CCCCC1. The third-order valence-corrected chi connectivity index (χ3v) is 7.05. The van der Waals surface area contributed by atoms with E-state index >= 15 is 0 Å². The summed E-state index contributed by atoms with van der Waals surface area (Å²) in [5.74, 6) is -1.23. The third-order valence-electron chi connectivity index (χ3n) is 3.80. The van der Waals surface area contributed by atoms with E-state index in [0.29, 0.717) is 8.66 Å². The van der Waals surface area contributed by atoms with Gasteiger partial charge >= 0.3 is 5.97 Å². The fourth-order valence-corrected chi connectivity index (χ4v) is 6.42. The number of nitrogens with one attached hydrogen (secondary N) is 1. The second-order valence-electron chi connectivity index (χ2n) is 5.31. The monoisotopic (exact) mass is 395 g/mol. The summed E-state index contributed by atoms with van der Waals surface area (Å²) < 4.78 is 28.0. The van der Waals surface area contributed by atoms with Crippen LogP contribution in [-0.2, 0) is 14.8 Å². The number of carboxylic acid groups (broad SMARTS) is 1. The first-order valence-electron chi connectivity index (χ1n) is 6.82. The fourth-order valence-electron chi connectivity index (χ4n) is 2.74. The summed E-state index contributed by atoms with van der Waals surface area (Å²) in [6.07, 6.45) is 4.52. The first kappa shape index (κ1) is 16.9. The summed E-state index contributed by atoms with van der Waals surface area (Å²) in [7, 11) is -3.81. The molecule has 0 aromatic carbocycles. The Labute approximate surface area is 136 Å². The van der Waals surface area contributed by atoms with E-state index in [1.807, 2.05) is 0 Å². The Morgan fingerprint density at radius 2 is 2.05 bits per heavy atom. The molecule has 0 bridgehead atoms. The molecule has 1 saturated carbocycles. The van der Waals surface area contributed by atoms with Crippen LogP contribution in [0, 0.1) is 12.8 Å². The highest BCUT2D eigenvalue weighted by Gasteiger charge is 2.34. The van der Waals surface area contributed by atoms with Crippen molar-refractivity contribution in [2.75, 3.05) is 0 Å². The molecule has 0 radical (unpaired) electrons. The van der Waals surface area contributed by atoms with Crippen LogP contribution >= 0.6 is 27.3 Å². The lowest BCUT2D eigenvalue weighted by Gasteiger charge is -2.27. The second-order valence-corrected chi connectivity index (χ2v) is 9.62. The molecule has 8 heteroatoms. The number of aliphatic carboxylic acids is 1. The molecule has 1 unspecified atom stereocenters. The van der Waals surface area contributed by atoms with Crippen molar-refractivity contribution < 1.29 is 18.3 Å². The van der Waals surface area contributed by atoms with Gasteiger partial charge in [-0.3, -0.25) is 4.79 Å². The van der Waals surface area contributed by atoms with Crippen LogP contribution in [0.25, 0.3) is 0 Å². The smallest absolute Gasteiger partial charge is 0.322 e. The van der Waals surface area contributed by atoms with Crippen LogP contribution in [0.15, 0.2) is 14.7 Å². The van der Waals surface area contributed by atoms with Crippen LogP contribution in [0.1, 0.15) is 37.0 Å². The molecule has 1 fully saturated rings. The van der Waals surface area contributed by atoms with E-state index in [1.54, 1.807) is 6.92 Å². The number of carboxylic acids is 1. The largest absolute Gasteiger partial charge is 0.480 e. The average molecular weight is 396 g/mol. The van der Waals surface area contributed by atoms with Gasteiger partial charge in [0.25, 0.3) is 0 Å². The normalized spacial score (nSPS) is 18.6. The fraction of sp³-hybridized carbons (Fsp3) is 0.615. The summed E-state index contributed by atoms with van der Waals surface area (Å²) in [5, 5.41) is 9.38. The number of thiophene rings is 1. The first-order valence-corrected chi connectivity index (χ1v) is 9.91. The predicted molar refractivity (Wildman–Crippen MR) is 85.1 cm³/mol. The van der Waals surface area contributed by atoms with Crippen LogP contribution in [0.3, 0.4) is 0 Å². The Kier molecular flexibility index (Phi) is 5.45. The van der Waals surface area contributed by atoms with Gasteiger partial charge in [0.05, 0.1) is 8.68 Å². The number of hydrogen-bond donors (Lipinski definition) is 2. The van der Waals surface area contributed by atoms with Gasteiger partial charge in [-0.1, -0.05) is 19.3 Å². The molecular formula is C13H18BrNO4S2. The molecule has 2 rings (SSSR count). The molecule has 118 valence electrons. The maximum atomic E-state index is 12.4. The highest BCUT2D eigenvalue weighted by atomic mass is 79.9. The summed E-state index contributed by atoms with van der Waals surface area (Å²) >= 11 is 4.57. The Morgan fingerprint density at radius 1 is 1.43 bits per heavy atom. The number of sulfonamides is 1. The molecule has 1 atom stereocenters. The van der Waals surface area contributed by atoms with Crippen molar-refractivity contribution in [2.24, 2.45) is 5.92 Å². The molecule has 21 heavy (non-hydrogen) atoms. The van der Waals surface area contributed by atoms with Gasteiger partial charge in [-0.25, -0.2) is 8.42 Å². The van der Waals surface area contributed by atoms with E-state index in [1.165, 1.54) is 17.4 Å². The van der Waals surface area contributed by atoms with Gasteiger partial charge in [0.2, 0.25) is 10.0 Å². The van der Waals surface area contributed by atoms with Gasteiger partial charge in [-0.2, -0.15) is 4.72 Å². The number of aryl methyl sites for hydroxylation is 1. The molecule has 0 spiro atoms. The van der Waals surface area contributed by atoms with Crippen LogP contribution in [-0.4, -0.2) is 25.5 Å². The Hall–Kier alpha value is -0.440. The topological polar surface area (TPSA) is 83.5 Å². The lowest BCUT2D eigenvalue weighted by Crippen LogP contribution is -2.46. The lowest BCUT2D eigenvalue weighted by atomic mass is 9.84. The molecule has 0 aliphatic heterocycles. The summed E-state index contributed by atoms with van der Waals surface area (Å²) in [5.41, 5.74) is 0. The maximum absolute atomic E-state index is 12.4. The highest BCUT2D eigenvalue weighted by Crippen LogP contribution is 2.31.